The molecule has 2 heterocycles. The molecular weight excluding hydrogens is 368 g/mol. The number of nitrogens with one attached hydrogen (secondary N) is 2. The molecule has 0 saturated heterocycles. The quantitative estimate of drug-likeness (QED) is 0.609. The van der Waals surface area contributed by atoms with Crippen molar-refractivity contribution < 1.29 is 9.53 Å². The zero-order valence-corrected chi connectivity index (χ0v) is 15.5. The summed E-state index contributed by atoms with van der Waals surface area (Å²) in [5.41, 5.74) is 4.68. The number of hydrogen-bond donors (Lipinski definition) is 2. The van der Waals surface area contributed by atoms with Gasteiger partial charge in [-0.1, -0.05) is 41.9 Å². The first-order chi connectivity index (χ1) is 11.7. The molecule has 3 aromatic rings. The Morgan fingerprint density at radius 1 is 1.17 bits per heavy atom. The molecule has 0 unspecified atom stereocenters. The normalized spacial score (nSPS) is 12.4. The van der Waals surface area contributed by atoms with E-state index in [1.165, 1.54) is 0 Å². The van der Waals surface area contributed by atoms with Crippen molar-refractivity contribution >= 4 is 38.4 Å². The van der Waals surface area contributed by atoms with Gasteiger partial charge in [-0.15, -0.1) is 0 Å². The van der Waals surface area contributed by atoms with Crippen molar-refractivity contribution in [3.63, 3.8) is 0 Å². The first-order valence-corrected chi connectivity index (χ1v) is 8.74. The number of aromatic amines is 1. The molecule has 0 radical (unpaired) electrons. The number of ether oxygens (including phenoxy) is 1. The Balaban J connectivity index is 0.000000815. The van der Waals surface area contributed by atoms with E-state index < -0.39 is 0 Å². The van der Waals surface area contributed by atoms with Crippen LogP contribution in [0.5, 0.6) is 5.75 Å². The van der Waals surface area contributed by atoms with Crippen LogP contribution in [0.1, 0.15) is 19.4 Å². The summed E-state index contributed by atoms with van der Waals surface area (Å²) in [5.74, 6) is 0.629. The molecule has 0 saturated carbocycles. The predicted octanol–water partition coefficient (Wildman–Crippen LogP) is 5.13. The minimum atomic E-state index is -0.0367. The van der Waals surface area contributed by atoms with Crippen molar-refractivity contribution in [2.75, 3.05) is 12.4 Å². The number of hydrogen-bond acceptors (Lipinski definition) is 2. The third kappa shape index (κ3) is 2.69. The van der Waals surface area contributed by atoms with Crippen LogP contribution in [0, 0.1) is 0 Å². The maximum atomic E-state index is 12.3. The highest BCUT2D eigenvalue weighted by Crippen LogP contribution is 2.41. The number of carbonyl (C=O) groups is 1. The Morgan fingerprint density at radius 3 is 2.71 bits per heavy atom. The Bertz CT molecular complexity index is 915. The third-order valence-corrected chi connectivity index (χ3v) is 4.48. The van der Waals surface area contributed by atoms with Gasteiger partial charge in [-0.25, -0.2) is 0 Å². The molecule has 2 N–H and O–H groups in total. The molecule has 0 atom stereocenters. The van der Waals surface area contributed by atoms with Gasteiger partial charge in [0.2, 0.25) is 5.91 Å². The van der Waals surface area contributed by atoms with E-state index in [9.17, 15) is 4.79 Å². The zero-order chi connectivity index (χ0) is 17.3. The van der Waals surface area contributed by atoms with E-state index in [1.807, 2.05) is 50.2 Å². The highest BCUT2D eigenvalue weighted by atomic mass is 79.9. The summed E-state index contributed by atoms with van der Waals surface area (Å²) in [6.07, 6.45) is 0.337. The average Bonchev–Trinajstić information content (AvgIpc) is 2.87. The van der Waals surface area contributed by atoms with E-state index in [2.05, 4.69) is 26.2 Å². The monoisotopic (exact) mass is 386 g/mol. The first kappa shape index (κ1) is 16.6. The number of para-hydroxylation sites is 1. The van der Waals surface area contributed by atoms with Gasteiger partial charge in [-0.05, 0) is 29.8 Å². The van der Waals surface area contributed by atoms with Crippen LogP contribution in [-0.2, 0) is 11.2 Å². The Labute approximate surface area is 149 Å². The fourth-order valence-corrected chi connectivity index (χ4v) is 3.38. The zero-order valence-electron chi connectivity index (χ0n) is 13.9. The second-order valence-electron chi connectivity index (χ2n) is 5.28. The van der Waals surface area contributed by atoms with Crippen molar-refractivity contribution in [1.29, 1.82) is 0 Å². The van der Waals surface area contributed by atoms with E-state index in [0.717, 1.165) is 37.9 Å². The van der Waals surface area contributed by atoms with Gasteiger partial charge in [0.25, 0.3) is 0 Å². The van der Waals surface area contributed by atoms with Gasteiger partial charge in [-0.2, -0.15) is 0 Å². The molecule has 0 bridgehead atoms. The summed E-state index contributed by atoms with van der Waals surface area (Å²) < 4.78 is 6.39. The van der Waals surface area contributed by atoms with Crippen LogP contribution in [0.3, 0.4) is 0 Å². The molecule has 0 aliphatic carbocycles. The molecule has 1 aliphatic heterocycles. The number of methoxy groups -OCH3 is 1. The van der Waals surface area contributed by atoms with E-state index in [0.29, 0.717) is 12.2 Å². The molecule has 5 heteroatoms. The second kappa shape index (κ2) is 6.69. The standard InChI is InChI=1S/C17H13BrN2O2.C2H6/c1-22-14-4-2-3-10-16-12(8-15(21)20-17(10)14)11-7-9(18)5-6-13(11)19-16;1-2/h2-7,19H,8H2,1H3,(H,20,21);1-2H3. The highest BCUT2D eigenvalue weighted by molar-refractivity contribution is 9.10. The van der Waals surface area contributed by atoms with Crippen molar-refractivity contribution in [3.8, 4) is 17.0 Å². The molecule has 4 nitrogen and oxygen atoms in total. The second-order valence-corrected chi connectivity index (χ2v) is 6.19. The largest absolute Gasteiger partial charge is 0.495 e. The molecule has 124 valence electrons. The fourth-order valence-electron chi connectivity index (χ4n) is 3.02. The number of carbonyl (C=O) groups excluding carboxylic acids is 1. The van der Waals surface area contributed by atoms with E-state index >= 15 is 0 Å². The lowest BCUT2D eigenvalue weighted by atomic mass is 10.0. The van der Waals surface area contributed by atoms with Crippen molar-refractivity contribution in [2.24, 2.45) is 0 Å². The summed E-state index contributed by atoms with van der Waals surface area (Å²) in [7, 11) is 1.61. The molecule has 1 amide bonds. The molecule has 1 aliphatic rings. The number of benzene rings is 2. The maximum Gasteiger partial charge on any atom is 0.229 e. The van der Waals surface area contributed by atoms with Crippen LogP contribution in [0.25, 0.3) is 22.2 Å². The number of amides is 1. The topological polar surface area (TPSA) is 54.1 Å². The lowest BCUT2D eigenvalue weighted by Gasteiger charge is -2.11. The highest BCUT2D eigenvalue weighted by Gasteiger charge is 2.24. The van der Waals surface area contributed by atoms with Crippen LogP contribution in [0.15, 0.2) is 40.9 Å². The molecule has 1 aromatic heterocycles. The number of halogens is 1. The van der Waals surface area contributed by atoms with E-state index in [1.54, 1.807) is 7.11 Å². The number of H-pyrrole nitrogens is 1. The maximum absolute atomic E-state index is 12.3. The molecule has 24 heavy (non-hydrogen) atoms. The number of rotatable bonds is 1. The van der Waals surface area contributed by atoms with Gasteiger partial charge in [0.15, 0.2) is 0 Å². The Kier molecular flexibility index (Phi) is 4.62. The average molecular weight is 387 g/mol. The molecular formula is C19H19BrN2O2. The van der Waals surface area contributed by atoms with Gasteiger partial charge in [0, 0.05) is 20.9 Å². The van der Waals surface area contributed by atoms with Crippen LogP contribution in [-0.4, -0.2) is 18.0 Å². The van der Waals surface area contributed by atoms with Gasteiger partial charge in [0.1, 0.15) is 5.75 Å². The predicted molar refractivity (Wildman–Crippen MR) is 102 cm³/mol. The van der Waals surface area contributed by atoms with Crippen molar-refractivity contribution in [1.82, 2.24) is 4.98 Å². The summed E-state index contributed by atoms with van der Waals surface area (Å²) in [4.78, 5) is 15.8. The lowest BCUT2D eigenvalue weighted by Crippen LogP contribution is -2.13. The van der Waals surface area contributed by atoms with Gasteiger partial charge in [0.05, 0.1) is 24.9 Å². The minimum absolute atomic E-state index is 0.0367. The van der Waals surface area contributed by atoms with Crippen molar-refractivity contribution in [3.05, 3.63) is 46.4 Å². The van der Waals surface area contributed by atoms with Crippen LogP contribution >= 0.6 is 15.9 Å². The lowest BCUT2D eigenvalue weighted by molar-refractivity contribution is -0.115. The third-order valence-electron chi connectivity index (χ3n) is 3.99. The molecule has 4 rings (SSSR count). The van der Waals surface area contributed by atoms with Crippen molar-refractivity contribution in [2.45, 2.75) is 20.3 Å². The molecule has 0 fully saturated rings. The Hall–Kier alpha value is -2.27. The summed E-state index contributed by atoms with van der Waals surface area (Å²) in [6, 6.07) is 11.8. The SMILES string of the molecule is CC.COc1cccc2c1NC(=O)Cc1c-2[nH]c2ccc(Br)cc12. The van der Waals surface area contributed by atoms with E-state index in [4.69, 9.17) is 4.74 Å². The number of fused-ring (bicyclic) bond motifs is 5. The fraction of sp³-hybridized carbons (Fsp3) is 0.211. The minimum Gasteiger partial charge on any atom is -0.495 e. The molecule has 0 spiro atoms. The molecule has 2 aromatic carbocycles. The van der Waals surface area contributed by atoms with Gasteiger partial charge >= 0.3 is 0 Å². The number of anilines is 1. The summed E-state index contributed by atoms with van der Waals surface area (Å²) in [5, 5.41) is 4.02. The first-order valence-electron chi connectivity index (χ1n) is 7.94. The van der Waals surface area contributed by atoms with Crippen LogP contribution < -0.4 is 10.1 Å². The van der Waals surface area contributed by atoms with Crippen LogP contribution in [0.2, 0.25) is 0 Å². The van der Waals surface area contributed by atoms with Gasteiger partial charge < -0.3 is 15.0 Å². The van der Waals surface area contributed by atoms with Crippen LogP contribution in [0.4, 0.5) is 5.69 Å². The van der Waals surface area contributed by atoms with Gasteiger partial charge in [-0.3, -0.25) is 4.79 Å². The summed E-state index contributed by atoms with van der Waals surface area (Å²) in [6.45, 7) is 4.00. The Morgan fingerprint density at radius 2 is 1.96 bits per heavy atom. The van der Waals surface area contributed by atoms with E-state index in [-0.39, 0.29) is 5.91 Å². The smallest absolute Gasteiger partial charge is 0.229 e. The number of aromatic nitrogens is 1. The summed E-state index contributed by atoms with van der Waals surface area (Å²) >= 11 is 3.50.